The van der Waals surface area contributed by atoms with Crippen molar-refractivity contribution in [3.8, 4) is 0 Å². The summed E-state index contributed by atoms with van der Waals surface area (Å²) in [4.78, 5) is 48.8. The van der Waals surface area contributed by atoms with Crippen LogP contribution in [-0.2, 0) is 33.4 Å². The van der Waals surface area contributed by atoms with Crippen LogP contribution in [0, 0.1) is 0 Å². The van der Waals surface area contributed by atoms with Crippen LogP contribution in [0.4, 0.5) is 4.79 Å². The quantitative estimate of drug-likeness (QED) is 0.0989. The van der Waals surface area contributed by atoms with E-state index >= 15 is 0 Å². The number of hydrogen-bond acceptors (Lipinski definition) is 9. The summed E-state index contributed by atoms with van der Waals surface area (Å²) in [6, 6.07) is 0. The van der Waals surface area contributed by atoms with E-state index < -0.39 is 18.0 Å². The van der Waals surface area contributed by atoms with Gasteiger partial charge in [0.1, 0.15) is 13.2 Å². The molecule has 0 spiro atoms. The molecule has 0 atom stereocenters. The van der Waals surface area contributed by atoms with Gasteiger partial charge in [0.05, 0.1) is 0 Å². The Labute approximate surface area is 164 Å². The lowest BCUT2D eigenvalue weighted by molar-refractivity contribution is -0.149. The summed E-state index contributed by atoms with van der Waals surface area (Å²) in [5.74, 6) is -1.51. The largest absolute Gasteiger partial charge is 0.462 e. The highest BCUT2D eigenvalue weighted by Gasteiger charge is 2.04. The van der Waals surface area contributed by atoms with E-state index in [9.17, 15) is 19.2 Å². The average molecular weight is 400 g/mol. The lowest BCUT2D eigenvalue weighted by atomic mass is 10.1. The van der Waals surface area contributed by atoms with Gasteiger partial charge in [-0.05, 0) is 12.8 Å². The zero-order valence-electron chi connectivity index (χ0n) is 15.9. The summed E-state index contributed by atoms with van der Waals surface area (Å²) < 4.78 is 14.1. The number of hydrogen-bond donors (Lipinski definition) is 2. The number of carbonyl (C=O) groups excluding carboxylic acids is 4. The van der Waals surface area contributed by atoms with Crippen LogP contribution in [0.2, 0.25) is 0 Å². The van der Waals surface area contributed by atoms with Gasteiger partial charge >= 0.3 is 24.0 Å². The van der Waals surface area contributed by atoms with E-state index in [0.717, 1.165) is 37.8 Å². The van der Waals surface area contributed by atoms with Crippen LogP contribution in [0.25, 0.3) is 0 Å². The first kappa shape index (κ1) is 25.1. The van der Waals surface area contributed by atoms with Crippen molar-refractivity contribution in [2.45, 2.75) is 38.5 Å². The summed E-state index contributed by atoms with van der Waals surface area (Å²) in [5.41, 5.74) is 2.18. The fourth-order valence-electron chi connectivity index (χ4n) is 1.83. The Morgan fingerprint density at radius 1 is 0.786 bits per heavy atom. The molecule has 1 amide bonds. The van der Waals surface area contributed by atoms with Gasteiger partial charge in [-0.1, -0.05) is 32.4 Å². The van der Waals surface area contributed by atoms with Gasteiger partial charge in [-0.2, -0.15) is 0 Å². The number of carbonyl (C=O) groups is 4. The molecule has 2 N–H and O–H groups in total. The normalized spacial score (nSPS) is 9.71. The summed E-state index contributed by atoms with van der Waals surface area (Å²) in [5, 5.41) is 2.53. The van der Waals surface area contributed by atoms with Gasteiger partial charge in [-0.15, -0.1) is 5.48 Å². The molecule has 0 aliphatic carbocycles. The molecule has 0 aromatic carbocycles. The van der Waals surface area contributed by atoms with Crippen LogP contribution >= 0.6 is 0 Å². The Morgan fingerprint density at radius 2 is 1.39 bits per heavy atom. The smallest absolute Gasteiger partial charge is 0.426 e. The molecule has 28 heavy (non-hydrogen) atoms. The van der Waals surface area contributed by atoms with Crippen LogP contribution in [-0.4, -0.2) is 50.5 Å². The number of ether oxygens (including phenoxy) is 3. The van der Waals surface area contributed by atoms with E-state index in [1.54, 1.807) is 0 Å². The summed E-state index contributed by atoms with van der Waals surface area (Å²) in [7, 11) is 0. The molecule has 0 aromatic heterocycles. The molecule has 0 fully saturated rings. The molecule has 0 saturated carbocycles. The van der Waals surface area contributed by atoms with Crippen LogP contribution in [0.3, 0.4) is 0 Å². The van der Waals surface area contributed by atoms with Gasteiger partial charge in [0.2, 0.25) is 0 Å². The van der Waals surface area contributed by atoms with Gasteiger partial charge in [0.25, 0.3) is 0 Å². The van der Waals surface area contributed by atoms with Gasteiger partial charge in [0, 0.05) is 25.1 Å². The predicted octanol–water partition coefficient (Wildman–Crippen LogP) is 1.52. The number of unbranched alkanes of at least 4 members (excludes halogenated alkanes) is 4. The molecule has 10 nitrogen and oxygen atoms in total. The second-order valence-electron chi connectivity index (χ2n) is 5.38. The minimum absolute atomic E-state index is 0.0154. The van der Waals surface area contributed by atoms with E-state index in [1.807, 2.05) is 0 Å². The van der Waals surface area contributed by atoms with E-state index in [0.29, 0.717) is 19.4 Å². The molecule has 0 bridgehead atoms. The first-order valence-electron chi connectivity index (χ1n) is 8.91. The van der Waals surface area contributed by atoms with Gasteiger partial charge in [0.15, 0.2) is 6.73 Å². The molecule has 0 aliphatic heterocycles. The van der Waals surface area contributed by atoms with E-state index in [4.69, 9.17) is 4.74 Å². The third kappa shape index (κ3) is 16.6. The predicted molar refractivity (Wildman–Crippen MR) is 98.6 cm³/mol. The molecule has 0 unspecified atom stereocenters. The zero-order chi connectivity index (χ0) is 21.0. The second kappa shape index (κ2) is 17.5. The Hall–Kier alpha value is -2.88. The molecule has 0 saturated heterocycles. The standard InChI is InChI=1S/C18H28N2O8/c1-3-15(21)25-12-13-26-17(23)10-8-6-5-7-9-11-19-18(24)28-20-14-27-16(22)4-2/h3-4,20H,1-2,5-14H2,(H,19,24). The maximum atomic E-state index is 11.4. The third-order valence-electron chi connectivity index (χ3n) is 3.19. The second-order valence-corrected chi connectivity index (χ2v) is 5.38. The summed E-state index contributed by atoms with van der Waals surface area (Å²) >= 11 is 0. The number of rotatable bonds is 16. The zero-order valence-corrected chi connectivity index (χ0v) is 15.9. The van der Waals surface area contributed by atoms with Crippen molar-refractivity contribution in [3.63, 3.8) is 0 Å². The monoisotopic (exact) mass is 400 g/mol. The van der Waals surface area contributed by atoms with Crippen molar-refractivity contribution in [3.05, 3.63) is 25.3 Å². The fraction of sp³-hybridized carbons (Fsp3) is 0.556. The molecule has 0 aliphatic rings. The van der Waals surface area contributed by atoms with Crippen LogP contribution < -0.4 is 10.8 Å². The van der Waals surface area contributed by atoms with Gasteiger partial charge in [-0.3, -0.25) is 4.79 Å². The van der Waals surface area contributed by atoms with Gasteiger partial charge < -0.3 is 24.4 Å². The SMILES string of the molecule is C=CC(=O)OCCOC(=O)CCCCCCCNC(=O)ONCOC(=O)C=C. The number of hydroxylamine groups is 1. The van der Waals surface area contributed by atoms with E-state index in [-0.39, 0.29) is 25.9 Å². The molecule has 10 heteroatoms. The van der Waals surface area contributed by atoms with Crippen LogP contribution in [0.5, 0.6) is 0 Å². The Kier molecular flexibility index (Phi) is 15.7. The lowest BCUT2D eigenvalue weighted by Gasteiger charge is -2.07. The van der Waals surface area contributed by atoms with Crippen molar-refractivity contribution >= 4 is 24.0 Å². The van der Waals surface area contributed by atoms with Crippen LogP contribution in [0.1, 0.15) is 38.5 Å². The van der Waals surface area contributed by atoms with E-state index in [1.165, 1.54) is 0 Å². The number of esters is 3. The first-order valence-corrected chi connectivity index (χ1v) is 8.91. The highest BCUT2D eigenvalue weighted by Crippen LogP contribution is 2.06. The molecular weight excluding hydrogens is 372 g/mol. The molecule has 158 valence electrons. The molecule has 0 radical (unpaired) electrons. The minimum Gasteiger partial charge on any atom is -0.462 e. The summed E-state index contributed by atoms with van der Waals surface area (Å²) in [6.45, 7) is 6.70. The topological polar surface area (TPSA) is 129 Å². The first-order chi connectivity index (χ1) is 13.5. The molecule has 0 rings (SSSR count). The highest BCUT2D eigenvalue weighted by atomic mass is 16.7. The summed E-state index contributed by atoms with van der Waals surface area (Å²) in [6.07, 6.45) is 5.80. The van der Waals surface area contributed by atoms with Crippen molar-refractivity contribution in [2.75, 3.05) is 26.5 Å². The average Bonchev–Trinajstić information content (AvgIpc) is 2.69. The van der Waals surface area contributed by atoms with Crippen molar-refractivity contribution in [2.24, 2.45) is 0 Å². The maximum Gasteiger partial charge on any atom is 0.426 e. The molecule has 0 aromatic rings. The highest BCUT2D eigenvalue weighted by molar-refractivity contribution is 5.81. The van der Waals surface area contributed by atoms with Crippen LogP contribution in [0.15, 0.2) is 25.3 Å². The van der Waals surface area contributed by atoms with Crippen molar-refractivity contribution < 1.29 is 38.2 Å². The fourth-order valence-corrected chi connectivity index (χ4v) is 1.83. The van der Waals surface area contributed by atoms with E-state index in [2.05, 4.69) is 38.3 Å². The van der Waals surface area contributed by atoms with Crippen molar-refractivity contribution in [1.82, 2.24) is 10.8 Å². The molecule has 0 heterocycles. The number of amides is 1. The Balaban J connectivity index is 3.38. The van der Waals surface area contributed by atoms with Crippen molar-refractivity contribution in [1.29, 1.82) is 0 Å². The maximum absolute atomic E-state index is 11.4. The Morgan fingerprint density at radius 3 is 2.11 bits per heavy atom. The van der Waals surface area contributed by atoms with Gasteiger partial charge in [-0.25, -0.2) is 14.4 Å². The Bertz CT molecular complexity index is 476. The third-order valence-corrected chi connectivity index (χ3v) is 3.19. The minimum atomic E-state index is -0.670. The molecular formula is C18H28N2O8. The number of nitrogens with one attached hydrogen (secondary N) is 2. The lowest BCUT2D eigenvalue weighted by Crippen LogP contribution is -2.32.